The van der Waals surface area contributed by atoms with Gasteiger partial charge in [0, 0.05) is 17.7 Å². The van der Waals surface area contributed by atoms with E-state index in [1.54, 1.807) is 18.7 Å². The Morgan fingerprint density at radius 3 is 2.71 bits per heavy atom. The molecule has 17 heavy (non-hydrogen) atoms. The minimum Gasteiger partial charge on any atom is -0.370 e. The molecular formula is C11H21N3O2S. The van der Waals surface area contributed by atoms with Crippen LogP contribution in [0.3, 0.4) is 0 Å². The summed E-state index contributed by atoms with van der Waals surface area (Å²) in [7, 11) is 0. The van der Waals surface area contributed by atoms with Crippen LogP contribution in [0.2, 0.25) is 0 Å². The normalized spacial score (nSPS) is 18.6. The number of piperidine rings is 1. The lowest BCUT2D eigenvalue weighted by Crippen LogP contribution is -2.37. The Hall–Kier alpha value is -0.750. The van der Waals surface area contributed by atoms with Crippen LogP contribution in [-0.4, -0.2) is 41.9 Å². The second kappa shape index (κ2) is 7.55. The molecule has 6 heteroatoms. The Labute approximate surface area is 106 Å². The molecule has 1 fully saturated rings. The summed E-state index contributed by atoms with van der Waals surface area (Å²) in [5.74, 6) is 0.0689. The third-order valence-electron chi connectivity index (χ3n) is 2.65. The Bertz CT molecular complexity index is 267. The third kappa shape index (κ3) is 6.53. The number of thioether (sulfide) groups is 1. The summed E-state index contributed by atoms with van der Waals surface area (Å²) in [6.45, 7) is 3.87. The summed E-state index contributed by atoms with van der Waals surface area (Å²) in [5, 5.41) is 6.64. The Morgan fingerprint density at radius 1 is 1.47 bits per heavy atom. The molecule has 1 heterocycles. The molecule has 1 aliphatic heterocycles. The molecule has 1 saturated heterocycles. The van der Waals surface area contributed by atoms with Crippen molar-refractivity contribution in [3.63, 3.8) is 0 Å². The van der Waals surface area contributed by atoms with Gasteiger partial charge in [-0.3, -0.25) is 9.59 Å². The van der Waals surface area contributed by atoms with Gasteiger partial charge in [-0.1, -0.05) is 0 Å². The van der Waals surface area contributed by atoms with Crippen LogP contribution in [0.25, 0.3) is 0 Å². The van der Waals surface area contributed by atoms with Gasteiger partial charge in [-0.15, -0.1) is 11.8 Å². The van der Waals surface area contributed by atoms with E-state index in [1.807, 2.05) is 0 Å². The summed E-state index contributed by atoms with van der Waals surface area (Å²) in [6.07, 6.45) is 2.44. The number of carbonyl (C=O) groups is 2. The van der Waals surface area contributed by atoms with Crippen molar-refractivity contribution in [1.29, 1.82) is 0 Å². The van der Waals surface area contributed by atoms with E-state index < -0.39 is 0 Å². The number of amides is 2. The number of nitrogens with two attached hydrogens (primary N) is 1. The third-order valence-corrected chi connectivity index (χ3v) is 4.02. The number of nitrogens with one attached hydrogen (secondary N) is 2. The van der Waals surface area contributed by atoms with E-state index in [-0.39, 0.29) is 24.3 Å². The molecule has 1 rings (SSSR count). The summed E-state index contributed by atoms with van der Waals surface area (Å²) in [5.41, 5.74) is 5.06. The van der Waals surface area contributed by atoms with Crippen LogP contribution in [0.1, 0.15) is 26.2 Å². The van der Waals surface area contributed by atoms with Crippen LogP contribution in [0.15, 0.2) is 0 Å². The lowest BCUT2D eigenvalue weighted by Gasteiger charge is -2.22. The molecule has 1 aliphatic rings. The fraction of sp³-hybridized carbons (Fsp3) is 0.818. The van der Waals surface area contributed by atoms with Crippen LogP contribution >= 0.6 is 11.8 Å². The van der Waals surface area contributed by atoms with Gasteiger partial charge in [0.2, 0.25) is 11.8 Å². The van der Waals surface area contributed by atoms with Crippen molar-refractivity contribution in [3.05, 3.63) is 0 Å². The minimum absolute atomic E-state index is 0.0118. The van der Waals surface area contributed by atoms with Gasteiger partial charge < -0.3 is 16.4 Å². The first-order valence-corrected chi connectivity index (χ1v) is 7.03. The number of hydrogen-bond donors (Lipinski definition) is 3. The SMILES string of the molecule is CC(CC(N)=O)NC(=O)CSC1CCNCC1. The molecule has 0 aromatic heterocycles. The van der Waals surface area contributed by atoms with E-state index in [1.165, 1.54) is 0 Å². The largest absolute Gasteiger partial charge is 0.370 e. The van der Waals surface area contributed by atoms with Crippen LogP contribution in [-0.2, 0) is 9.59 Å². The van der Waals surface area contributed by atoms with Crippen LogP contribution in [0, 0.1) is 0 Å². The second-order valence-electron chi connectivity index (χ2n) is 4.40. The van der Waals surface area contributed by atoms with Crippen molar-refractivity contribution in [3.8, 4) is 0 Å². The number of hydrogen-bond acceptors (Lipinski definition) is 4. The molecule has 2 amide bonds. The Kier molecular flexibility index (Phi) is 6.36. The smallest absolute Gasteiger partial charge is 0.230 e. The van der Waals surface area contributed by atoms with E-state index in [2.05, 4.69) is 10.6 Å². The molecule has 1 atom stereocenters. The van der Waals surface area contributed by atoms with Crippen molar-refractivity contribution in [2.45, 2.75) is 37.5 Å². The van der Waals surface area contributed by atoms with Gasteiger partial charge in [0.05, 0.1) is 5.75 Å². The first-order valence-electron chi connectivity index (χ1n) is 5.98. The highest BCUT2D eigenvalue weighted by Gasteiger charge is 2.16. The van der Waals surface area contributed by atoms with E-state index in [0.29, 0.717) is 11.0 Å². The lowest BCUT2D eigenvalue weighted by molar-refractivity contribution is -0.120. The van der Waals surface area contributed by atoms with Crippen molar-refractivity contribution in [2.24, 2.45) is 5.73 Å². The predicted octanol–water partition coefficient (Wildman–Crippen LogP) is -0.148. The zero-order chi connectivity index (χ0) is 12.7. The van der Waals surface area contributed by atoms with Crippen molar-refractivity contribution >= 4 is 23.6 Å². The van der Waals surface area contributed by atoms with Gasteiger partial charge >= 0.3 is 0 Å². The molecule has 5 nitrogen and oxygen atoms in total. The maximum atomic E-state index is 11.6. The summed E-state index contributed by atoms with van der Waals surface area (Å²) in [4.78, 5) is 22.2. The molecule has 4 N–H and O–H groups in total. The highest BCUT2D eigenvalue weighted by Crippen LogP contribution is 2.19. The molecule has 0 saturated carbocycles. The molecule has 0 radical (unpaired) electrons. The summed E-state index contributed by atoms with van der Waals surface area (Å²) >= 11 is 1.70. The average Bonchev–Trinajstić information content (AvgIpc) is 2.26. The number of primary amides is 1. The number of carbonyl (C=O) groups excluding carboxylic acids is 2. The Morgan fingerprint density at radius 2 is 2.12 bits per heavy atom. The van der Waals surface area contributed by atoms with Gasteiger partial charge in [0.25, 0.3) is 0 Å². The van der Waals surface area contributed by atoms with Crippen LogP contribution in [0.4, 0.5) is 0 Å². The fourth-order valence-electron chi connectivity index (χ4n) is 1.82. The van der Waals surface area contributed by atoms with Crippen LogP contribution in [0.5, 0.6) is 0 Å². The quantitative estimate of drug-likeness (QED) is 0.619. The molecule has 0 aromatic carbocycles. The first kappa shape index (κ1) is 14.3. The monoisotopic (exact) mass is 259 g/mol. The number of rotatable bonds is 6. The lowest BCUT2D eigenvalue weighted by atomic mass is 10.2. The zero-order valence-corrected chi connectivity index (χ0v) is 11.0. The standard InChI is InChI=1S/C11H21N3O2S/c1-8(6-10(12)15)14-11(16)7-17-9-2-4-13-5-3-9/h8-9,13H,2-7H2,1H3,(H2,12,15)(H,14,16). The maximum Gasteiger partial charge on any atom is 0.230 e. The van der Waals surface area contributed by atoms with Crippen molar-refractivity contribution < 1.29 is 9.59 Å². The summed E-state index contributed by atoms with van der Waals surface area (Å²) in [6, 6.07) is -0.173. The maximum absolute atomic E-state index is 11.6. The van der Waals surface area contributed by atoms with E-state index >= 15 is 0 Å². The first-order chi connectivity index (χ1) is 8.08. The highest BCUT2D eigenvalue weighted by atomic mass is 32.2. The fourth-order valence-corrected chi connectivity index (χ4v) is 2.86. The van der Waals surface area contributed by atoms with Crippen molar-refractivity contribution in [1.82, 2.24) is 10.6 Å². The highest BCUT2D eigenvalue weighted by molar-refractivity contribution is 8.00. The minimum atomic E-state index is -0.385. The average molecular weight is 259 g/mol. The molecule has 1 unspecified atom stereocenters. The van der Waals surface area contributed by atoms with Crippen molar-refractivity contribution in [2.75, 3.05) is 18.8 Å². The van der Waals surface area contributed by atoms with Gasteiger partial charge in [-0.05, 0) is 32.9 Å². The second-order valence-corrected chi connectivity index (χ2v) is 5.69. The predicted molar refractivity (Wildman–Crippen MR) is 69.8 cm³/mol. The summed E-state index contributed by atoms with van der Waals surface area (Å²) < 4.78 is 0. The molecule has 0 bridgehead atoms. The van der Waals surface area contributed by atoms with Gasteiger partial charge in [-0.2, -0.15) is 0 Å². The van der Waals surface area contributed by atoms with Gasteiger partial charge in [0.15, 0.2) is 0 Å². The molecule has 0 aromatic rings. The molecule has 0 spiro atoms. The van der Waals surface area contributed by atoms with E-state index in [4.69, 9.17) is 5.73 Å². The van der Waals surface area contributed by atoms with Crippen LogP contribution < -0.4 is 16.4 Å². The molecular weight excluding hydrogens is 238 g/mol. The van der Waals surface area contributed by atoms with E-state index in [9.17, 15) is 9.59 Å². The molecule has 98 valence electrons. The zero-order valence-electron chi connectivity index (χ0n) is 10.2. The van der Waals surface area contributed by atoms with E-state index in [0.717, 1.165) is 25.9 Å². The van der Waals surface area contributed by atoms with Gasteiger partial charge in [0.1, 0.15) is 0 Å². The van der Waals surface area contributed by atoms with Gasteiger partial charge in [-0.25, -0.2) is 0 Å². The Balaban J connectivity index is 2.13. The topological polar surface area (TPSA) is 84.2 Å². The molecule has 0 aliphatic carbocycles.